The summed E-state index contributed by atoms with van der Waals surface area (Å²) in [6, 6.07) is 7.24. The third-order valence-corrected chi connectivity index (χ3v) is 5.03. The highest BCUT2D eigenvalue weighted by Crippen LogP contribution is 2.37. The molecule has 25 heavy (non-hydrogen) atoms. The van der Waals surface area contributed by atoms with Gasteiger partial charge in [-0.1, -0.05) is 25.0 Å². The van der Waals surface area contributed by atoms with Crippen LogP contribution >= 0.6 is 0 Å². The van der Waals surface area contributed by atoms with Crippen molar-refractivity contribution in [2.24, 2.45) is 11.8 Å². The lowest BCUT2D eigenvalue weighted by molar-refractivity contribution is -0.146. The van der Waals surface area contributed by atoms with Crippen LogP contribution in [0.1, 0.15) is 37.7 Å². The van der Waals surface area contributed by atoms with Crippen LogP contribution < -0.4 is 4.74 Å². The smallest absolute Gasteiger partial charge is 0.307 e. The van der Waals surface area contributed by atoms with Crippen molar-refractivity contribution in [1.29, 1.82) is 0 Å². The molecule has 1 saturated carbocycles. The number of likely N-dealkylation sites (tertiary alicyclic amines) is 1. The highest BCUT2D eigenvalue weighted by molar-refractivity contribution is 6.05. The summed E-state index contributed by atoms with van der Waals surface area (Å²) in [5.41, 5.74) is 0.855. The number of methoxy groups -OCH3 is 1. The van der Waals surface area contributed by atoms with Gasteiger partial charge in [0.1, 0.15) is 12.4 Å². The molecule has 1 aromatic rings. The SMILES string of the molecule is COc1ccc(COC(=O)CCN2C(=O)[C@@H]3CCCC[C@H]3C2=O)cc1. The second-order valence-electron chi connectivity index (χ2n) is 6.58. The highest BCUT2D eigenvalue weighted by Gasteiger charge is 2.47. The molecule has 0 unspecified atom stereocenters. The van der Waals surface area contributed by atoms with Crippen LogP contribution in [0.5, 0.6) is 5.75 Å². The van der Waals surface area contributed by atoms with Crippen molar-refractivity contribution < 1.29 is 23.9 Å². The zero-order chi connectivity index (χ0) is 17.8. The minimum Gasteiger partial charge on any atom is -0.497 e. The van der Waals surface area contributed by atoms with Gasteiger partial charge in [-0.15, -0.1) is 0 Å². The van der Waals surface area contributed by atoms with Gasteiger partial charge in [-0.05, 0) is 30.5 Å². The van der Waals surface area contributed by atoms with E-state index in [9.17, 15) is 14.4 Å². The fraction of sp³-hybridized carbons (Fsp3) is 0.526. The highest BCUT2D eigenvalue weighted by atomic mass is 16.5. The van der Waals surface area contributed by atoms with Crippen molar-refractivity contribution in [3.8, 4) is 5.75 Å². The summed E-state index contributed by atoms with van der Waals surface area (Å²) < 4.78 is 10.3. The molecule has 134 valence electrons. The average Bonchev–Trinajstić information content (AvgIpc) is 2.89. The second kappa shape index (κ2) is 7.68. The fourth-order valence-electron chi connectivity index (χ4n) is 3.61. The van der Waals surface area contributed by atoms with Gasteiger partial charge in [0, 0.05) is 6.54 Å². The summed E-state index contributed by atoms with van der Waals surface area (Å²) in [6.07, 6.45) is 3.60. The van der Waals surface area contributed by atoms with Crippen molar-refractivity contribution in [2.45, 2.75) is 38.7 Å². The summed E-state index contributed by atoms with van der Waals surface area (Å²) in [5, 5.41) is 0. The van der Waals surface area contributed by atoms with Crippen molar-refractivity contribution in [2.75, 3.05) is 13.7 Å². The number of fused-ring (bicyclic) bond motifs is 1. The lowest BCUT2D eigenvalue weighted by atomic mass is 9.81. The summed E-state index contributed by atoms with van der Waals surface area (Å²) in [6.45, 7) is 0.280. The topological polar surface area (TPSA) is 72.9 Å². The first-order chi connectivity index (χ1) is 12.1. The largest absolute Gasteiger partial charge is 0.497 e. The Labute approximate surface area is 147 Å². The van der Waals surface area contributed by atoms with E-state index in [4.69, 9.17) is 9.47 Å². The fourth-order valence-corrected chi connectivity index (χ4v) is 3.61. The normalized spacial score (nSPS) is 22.7. The van der Waals surface area contributed by atoms with Gasteiger partial charge < -0.3 is 9.47 Å². The molecule has 0 N–H and O–H groups in total. The van der Waals surface area contributed by atoms with Gasteiger partial charge in [-0.3, -0.25) is 19.3 Å². The minimum absolute atomic E-state index is 0.0348. The van der Waals surface area contributed by atoms with E-state index in [0.717, 1.165) is 37.0 Å². The number of esters is 1. The van der Waals surface area contributed by atoms with Crippen LogP contribution in [0, 0.1) is 11.8 Å². The summed E-state index contributed by atoms with van der Waals surface area (Å²) in [5.74, 6) is -0.239. The predicted molar refractivity (Wildman–Crippen MR) is 89.6 cm³/mol. The van der Waals surface area contributed by atoms with Gasteiger partial charge in [0.05, 0.1) is 25.4 Å². The Morgan fingerprint density at radius 3 is 2.24 bits per heavy atom. The molecule has 1 aromatic carbocycles. The van der Waals surface area contributed by atoms with Crippen LogP contribution in [0.4, 0.5) is 0 Å². The van der Waals surface area contributed by atoms with Crippen LogP contribution in [0.25, 0.3) is 0 Å². The molecule has 6 heteroatoms. The molecule has 2 amide bonds. The number of nitrogens with zero attached hydrogens (tertiary/aromatic N) is 1. The van der Waals surface area contributed by atoms with Crippen LogP contribution in [-0.4, -0.2) is 36.3 Å². The monoisotopic (exact) mass is 345 g/mol. The summed E-state index contributed by atoms with van der Waals surface area (Å²) >= 11 is 0. The maximum absolute atomic E-state index is 12.3. The maximum atomic E-state index is 12.3. The average molecular weight is 345 g/mol. The molecule has 2 aliphatic rings. The van der Waals surface area contributed by atoms with Crippen molar-refractivity contribution in [3.05, 3.63) is 29.8 Å². The number of carbonyl (C=O) groups is 3. The van der Waals surface area contributed by atoms with Crippen LogP contribution in [-0.2, 0) is 25.7 Å². The number of ether oxygens (including phenoxy) is 2. The molecule has 6 nitrogen and oxygen atoms in total. The number of benzene rings is 1. The number of imide groups is 1. The molecule has 2 atom stereocenters. The van der Waals surface area contributed by atoms with Crippen molar-refractivity contribution in [1.82, 2.24) is 4.90 Å². The number of amides is 2. The molecule has 1 saturated heterocycles. The quantitative estimate of drug-likeness (QED) is 0.584. The molecule has 0 bridgehead atoms. The Kier molecular flexibility index (Phi) is 5.36. The van der Waals surface area contributed by atoms with Gasteiger partial charge in [-0.2, -0.15) is 0 Å². The standard InChI is InChI=1S/C19H23NO5/c1-24-14-8-6-13(7-9-14)12-25-17(21)10-11-20-18(22)15-4-2-3-5-16(15)19(20)23/h6-9,15-16H,2-5,10-12H2,1H3/t15-,16-/m1/s1. The number of carbonyl (C=O) groups excluding carboxylic acids is 3. The Hall–Kier alpha value is -2.37. The Bertz CT molecular complexity index is 630. The number of hydrogen-bond acceptors (Lipinski definition) is 5. The van der Waals surface area contributed by atoms with Gasteiger partial charge >= 0.3 is 5.97 Å². The van der Waals surface area contributed by atoms with Gasteiger partial charge in [0.15, 0.2) is 0 Å². The van der Waals surface area contributed by atoms with Crippen molar-refractivity contribution >= 4 is 17.8 Å². The zero-order valence-corrected chi connectivity index (χ0v) is 14.4. The Balaban J connectivity index is 1.47. The first-order valence-corrected chi connectivity index (χ1v) is 8.74. The van der Waals surface area contributed by atoms with E-state index in [1.54, 1.807) is 19.2 Å². The van der Waals surface area contributed by atoms with E-state index in [0.29, 0.717) is 0 Å². The van der Waals surface area contributed by atoms with E-state index in [2.05, 4.69) is 0 Å². The van der Waals surface area contributed by atoms with E-state index >= 15 is 0 Å². The molecule has 0 spiro atoms. The van der Waals surface area contributed by atoms with E-state index in [1.807, 2.05) is 12.1 Å². The third kappa shape index (κ3) is 3.83. The van der Waals surface area contributed by atoms with Crippen molar-refractivity contribution in [3.63, 3.8) is 0 Å². The molecule has 1 aliphatic heterocycles. The van der Waals surface area contributed by atoms with E-state index < -0.39 is 5.97 Å². The van der Waals surface area contributed by atoms with Gasteiger partial charge in [0.2, 0.25) is 11.8 Å². The second-order valence-corrected chi connectivity index (χ2v) is 6.58. The predicted octanol–water partition coefficient (Wildman–Crippen LogP) is 2.30. The summed E-state index contributed by atoms with van der Waals surface area (Å²) in [4.78, 5) is 37.9. The molecular weight excluding hydrogens is 322 g/mol. The Morgan fingerprint density at radius 1 is 1.08 bits per heavy atom. The molecule has 0 radical (unpaired) electrons. The first kappa shape index (κ1) is 17.5. The van der Waals surface area contributed by atoms with E-state index in [1.165, 1.54) is 4.90 Å². The lowest BCUT2D eigenvalue weighted by Gasteiger charge is -2.19. The number of rotatable bonds is 6. The maximum Gasteiger partial charge on any atom is 0.307 e. The van der Waals surface area contributed by atoms with Gasteiger partial charge in [0.25, 0.3) is 0 Å². The lowest BCUT2D eigenvalue weighted by Crippen LogP contribution is -2.33. The zero-order valence-electron chi connectivity index (χ0n) is 14.4. The van der Waals surface area contributed by atoms with E-state index in [-0.39, 0.29) is 43.2 Å². The molecule has 1 heterocycles. The van der Waals surface area contributed by atoms with Crippen LogP contribution in [0.2, 0.25) is 0 Å². The van der Waals surface area contributed by atoms with Crippen LogP contribution in [0.15, 0.2) is 24.3 Å². The van der Waals surface area contributed by atoms with Gasteiger partial charge in [-0.25, -0.2) is 0 Å². The Morgan fingerprint density at radius 2 is 1.68 bits per heavy atom. The molecule has 1 aliphatic carbocycles. The molecule has 0 aromatic heterocycles. The molecule has 3 rings (SSSR count). The molecular formula is C19H23NO5. The third-order valence-electron chi connectivity index (χ3n) is 5.03. The summed E-state index contributed by atoms with van der Waals surface area (Å²) in [7, 11) is 1.59. The number of hydrogen-bond donors (Lipinski definition) is 0. The first-order valence-electron chi connectivity index (χ1n) is 8.74. The molecule has 2 fully saturated rings. The van der Waals surface area contributed by atoms with Crippen LogP contribution in [0.3, 0.4) is 0 Å². The minimum atomic E-state index is -0.411.